The van der Waals surface area contributed by atoms with E-state index in [-0.39, 0.29) is 11.5 Å². The van der Waals surface area contributed by atoms with Gasteiger partial charge in [-0.15, -0.1) is 0 Å². The Morgan fingerprint density at radius 2 is 1.94 bits per heavy atom. The number of halogens is 2. The summed E-state index contributed by atoms with van der Waals surface area (Å²) in [4.78, 5) is 12.0. The number of rotatable bonds is 2. The second-order valence-corrected chi connectivity index (χ2v) is 4.81. The Morgan fingerprint density at radius 3 is 2.50 bits per heavy atom. The van der Waals surface area contributed by atoms with Gasteiger partial charge in [-0.3, -0.25) is 4.79 Å². The first-order valence-electron chi connectivity index (χ1n) is 4.43. The van der Waals surface area contributed by atoms with E-state index in [0.717, 1.165) is 0 Å². The van der Waals surface area contributed by atoms with Crippen molar-refractivity contribution in [3.63, 3.8) is 0 Å². The number of nitrogen functional groups attached to an aromatic ring is 1. The highest BCUT2D eigenvalue weighted by Crippen LogP contribution is 2.24. The molecule has 0 unspecified atom stereocenters. The molecule has 1 heterocycles. The molecule has 0 saturated heterocycles. The molecule has 0 saturated carbocycles. The van der Waals surface area contributed by atoms with E-state index in [0.29, 0.717) is 20.4 Å². The van der Waals surface area contributed by atoms with Crippen LogP contribution in [0.4, 0.5) is 5.69 Å². The summed E-state index contributed by atoms with van der Waals surface area (Å²) >= 11 is 6.45. The summed E-state index contributed by atoms with van der Waals surface area (Å²) in [5.74, 6) is 0.106. The number of benzene rings is 1. The molecule has 2 N–H and O–H groups in total. The highest BCUT2D eigenvalue weighted by atomic mass is 79.9. The SMILES string of the molecule is Nc1ccc(C(=O)c2ccc(Br)o2)c(Br)c1. The summed E-state index contributed by atoms with van der Waals surface area (Å²) in [5, 5.41) is 0. The number of anilines is 1. The minimum atomic E-state index is -0.183. The normalized spacial score (nSPS) is 10.4. The maximum Gasteiger partial charge on any atom is 0.229 e. The minimum absolute atomic E-state index is 0.183. The van der Waals surface area contributed by atoms with Gasteiger partial charge in [0.15, 0.2) is 10.4 Å². The fourth-order valence-corrected chi connectivity index (χ4v) is 2.17. The van der Waals surface area contributed by atoms with Crippen molar-refractivity contribution in [3.05, 3.63) is 50.8 Å². The molecule has 2 aromatic rings. The van der Waals surface area contributed by atoms with Gasteiger partial charge in [-0.25, -0.2) is 0 Å². The van der Waals surface area contributed by atoms with Crippen LogP contribution >= 0.6 is 31.9 Å². The second kappa shape index (κ2) is 4.43. The highest BCUT2D eigenvalue weighted by molar-refractivity contribution is 9.10. The summed E-state index contributed by atoms with van der Waals surface area (Å²) in [6.07, 6.45) is 0. The van der Waals surface area contributed by atoms with Crippen molar-refractivity contribution in [2.45, 2.75) is 0 Å². The zero-order chi connectivity index (χ0) is 11.7. The van der Waals surface area contributed by atoms with E-state index in [9.17, 15) is 4.79 Å². The van der Waals surface area contributed by atoms with Crippen LogP contribution in [0.15, 0.2) is 43.9 Å². The van der Waals surface area contributed by atoms with Crippen molar-refractivity contribution < 1.29 is 9.21 Å². The fraction of sp³-hybridized carbons (Fsp3) is 0. The third kappa shape index (κ3) is 2.20. The van der Waals surface area contributed by atoms with Crippen molar-refractivity contribution in [2.75, 3.05) is 5.73 Å². The average Bonchev–Trinajstić information content (AvgIpc) is 2.64. The molecule has 2 rings (SSSR count). The van der Waals surface area contributed by atoms with Gasteiger partial charge in [0.1, 0.15) is 0 Å². The average molecular weight is 345 g/mol. The molecule has 0 radical (unpaired) electrons. The molecule has 0 aliphatic carbocycles. The molecule has 0 aliphatic heterocycles. The quantitative estimate of drug-likeness (QED) is 0.668. The zero-order valence-electron chi connectivity index (χ0n) is 8.04. The maximum atomic E-state index is 12.0. The lowest BCUT2D eigenvalue weighted by Crippen LogP contribution is -2.01. The van der Waals surface area contributed by atoms with E-state index in [1.807, 2.05) is 0 Å². The number of hydrogen-bond acceptors (Lipinski definition) is 3. The molecule has 1 aromatic carbocycles. The predicted molar refractivity (Wildman–Crippen MR) is 68.4 cm³/mol. The Morgan fingerprint density at radius 1 is 1.19 bits per heavy atom. The van der Waals surface area contributed by atoms with Crippen molar-refractivity contribution >= 4 is 43.3 Å². The summed E-state index contributed by atoms with van der Waals surface area (Å²) in [5.41, 5.74) is 6.72. The highest BCUT2D eigenvalue weighted by Gasteiger charge is 2.15. The number of carbonyl (C=O) groups is 1. The Bertz CT molecular complexity index is 549. The Balaban J connectivity index is 2.41. The van der Waals surface area contributed by atoms with E-state index in [2.05, 4.69) is 31.9 Å². The third-order valence-electron chi connectivity index (χ3n) is 2.03. The lowest BCUT2D eigenvalue weighted by Gasteiger charge is -2.02. The van der Waals surface area contributed by atoms with E-state index in [1.165, 1.54) is 0 Å². The van der Waals surface area contributed by atoms with Gasteiger partial charge in [-0.05, 0) is 62.2 Å². The Labute approximate surface area is 109 Å². The van der Waals surface area contributed by atoms with E-state index in [1.54, 1.807) is 30.3 Å². The smallest absolute Gasteiger partial charge is 0.229 e. The molecule has 0 aliphatic rings. The second-order valence-electron chi connectivity index (χ2n) is 3.17. The molecule has 3 nitrogen and oxygen atoms in total. The molecule has 0 fully saturated rings. The van der Waals surface area contributed by atoms with Gasteiger partial charge in [0.25, 0.3) is 0 Å². The van der Waals surface area contributed by atoms with Crippen LogP contribution in [0.2, 0.25) is 0 Å². The van der Waals surface area contributed by atoms with Crippen molar-refractivity contribution in [2.24, 2.45) is 0 Å². The van der Waals surface area contributed by atoms with Crippen LogP contribution < -0.4 is 5.73 Å². The lowest BCUT2D eigenvalue weighted by atomic mass is 10.1. The number of ketones is 1. The van der Waals surface area contributed by atoms with Gasteiger partial charge in [0.05, 0.1) is 0 Å². The first-order chi connectivity index (χ1) is 7.58. The molecule has 5 heteroatoms. The molecule has 0 atom stereocenters. The van der Waals surface area contributed by atoms with Crippen molar-refractivity contribution in [1.29, 1.82) is 0 Å². The molecule has 82 valence electrons. The molecule has 1 aromatic heterocycles. The summed E-state index contributed by atoms with van der Waals surface area (Å²) in [6.45, 7) is 0. The lowest BCUT2D eigenvalue weighted by molar-refractivity contribution is 0.101. The first-order valence-corrected chi connectivity index (χ1v) is 6.01. The summed E-state index contributed by atoms with van der Waals surface area (Å²) in [7, 11) is 0. The van der Waals surface area contributed by atoms with Crippen LogP contribution in [-0.4, -0.2) is 5.78 Å². The molecule has 0 amide bonds. The summed E-state index contributed by atoms with van der Waals surface area (Å²) in [6, 6.07) is 8.33. The third-order valence-corrected chi connectivity index (χ3v) is 3.12. The van der Waals surface area contributed by atoms with Crippen LogP contribution in [0.5, 0.6) is 0 Å². The molecule has 0 bridgehead atoms. The van der Waals surface area contributed by atoms with Crippen LogP contribution in [0.25, 0.3) is 0 Å². The number of carbonyl (C=O) groups excluding carboxylic acids is 1. The van der Waals surface area contributed by atoms with Crippen LogP contribution in [0, 0.1) is 0 Å². The molecule has 0 spiro atoms. The van der Waals surface area contributed by atoms with Crippen molar-refractivity contribution in [3.8, 4) is 0 Å². The number of nitrogens with two attached hydrogens (primary N) is 1. The van der Waals surface area contributed by atoms with Gasteiger partial charge >= 0.3 is 0 Å². The van der Waals surface area contributed by atoms with Gasteiger partial charge in [0.2, 0.25) is 5.78 Å². The Hall–Kier alpha value is -1.07. The predicted octanol–water partition coefficient (Wildman–Crippen LogP) is 3.62. The minimum Gasteiger partial charge on any atom is -0.446 e. The fourth-order valence-electron chi connectivity index (χ4n) is 1.28. The van der Waals surface area contributed by atoms with Gasteiger partial charge in [-0.1, -0.05) is 0 Å². The van der Waals surface area contributed by atoms with E-state index in [4.69, 9.17) is 10.2 Å². The summed E-state index contributed by atoms with van der Waals surface area (Å²) < 4.78 is 6.39. The molecular weight excluding hydrogens is 338 g/mol. The van der Waals surface area contributed by atoms with Gasteiger partial charge in [-0.2, -0.15) is 0 Å². The number of furan rings is 1. The van der Waals surface area contributed by atoms with Crippen LogP contribution in [-0.2, 0) is 0 Å². The standard InChI is InChI=1S/C11H7Br2NO2/c12-8-5-6(14)1-2-7(8)11(15)9-3-4-10(13)16-9/h1-5H,14H2. The first kappa shape index (κ1) is 11.4. The van der Waals surface area contributed by atoms with Gasteiger partial charge < -0.3 is 10.2 Å². The van der Waals surface area contributed by atoms with Crippen LogP contribution in [0.3, 0.4) is 0 Å². The monoisotopic (exact) mass is 343 g/mol. The van der Waals surface area contributed by atoms with E-state index < -0.39 is 0 Å². The maximum absolute atomic E-state index is 12.0. The molecular formula is C11H7Br2NO2. The van der Waals surface area contributed by atoms with E-state index >= 15 is 0 Å². The zero-order valence-corrected chi connectivity index (χ0v) is 11.2. The topological polar surface area (TPSA) is 56.2 Å². The van der Waals surface area contributed by atoms with Gasteiger partial charge in [0, 0.05) is 15.7 Å². The largest absolute Gasteiger partial charge is 0.446 e. The Kier molecular flexibility index (Phi) is 3.16. The van der Waals surface area contributed by atoms with Crippen LogP contribution in [0.1, 0.15) is 16.1 Å². The number of hydrogen-bond donors (Lipinski definition) is 1. The van der Waals surface area contributed by atoms with Crippen molar-refractivity contribution in [1.82, 2.24) is 0 Å². The molecule has 16 heavy (non-hydrogen) atoms.